The Morgan fingerprint density at radius 2 is 1.77 bits per heavy atom. The van der Waals surface area contributed by atoms with Crippen LogP contribution in [0, 0.1) is 0 Å². The lowest BCUT2D eigenvalue weighted by atomic mass is 10.2. The quantitative estimate of drug-likeness (QED) is 0.735. The van der Waals surface area contributed by atoms with Gasteiger partial charge in [-0.1, -0.05) is 43.1 Å². The fourth-order valence-corrected chi connectivity index (χ4v) is 2.42. The molecular formula is C10H12Cl2S. The van der Waals surface area contributed by atoms with Crippen molar-refractivity contribution >= 4 is 35.0 Å². The molecule has 0 atom stereocenters. The van der Waals surface area contributed by atoms with Crippen molar-refractivity contribution in [2.45, 2.75) is 24.9 Å². The molecule has 0 saturated carbocycles. The number of thioether (sulfide) groups is 1. The first-order chi connectivity index (χ1) is 6.11. The second kappa shape index (κ2) is 5.14. The first-order valence-electron chi connectivity index (χ1n) is 4.15. The normalized spacial score (nSPS) is 10.8. The molecule has 0 heterocycles. The molecule has 0 aliphatic heterocycles. The second-order valence-corrected chi connectivity index (χ2v) is 5.44. The first kappa shape index (κ1) is 11.2. The minimum absolute atomic E-state index is 0.604. The van der Waals surface area contributed by atoms with E-state index in [0.29, 0.717) is 5.25 Å². The van der Waals surface area contributed by atoms with Gasteiger partial charge in [0.1, 0.15) is 0 Å². The molecule has 0 aliphatic carbocycles. The van der Waals surface area contributed by atoms with Crippen LogP contribution in [0.3, 0.4) is 0 Å². The zero-order valence-electron chi connectivity index (χ0n) is 7.68. The monoisotopic (exact) mass is 234 g/mol. The Morgan fingerprint density at radius 1 is 1.23 bits per heavy atom. The van der Waals surface area contributed by atoms with E-state index in [1.54, 1.807) is 0 Å². The number of rotatable bonds is 3. The standard InChI is InChI=1S/C10H12Cl2S/c1-7(2)13-6-8-9(11)4-3-5-10(8)12/h3-5,7H,6H2,1-2H3. The molecule has 1 aromatic carbocycles. The maximum absolute atomic E-state index is 6.02. The van der Waals surface area contributed by atoms with E-state index < -0.39 is 0 Å². The van der Waals surface area contributed by atoms with Gasteiger partial charge < -0.3 is 0 Å². The van der Waals surface area contributed by atoms with Crippen molar-refractivity contribution in [2.24, 2.45) is 0 Å². The molecule has 0 unspecified atom stereocenters. The summed E-state index contributed by atoms with van der Waals surface area (Å²) >= 11 is 13.9. The summed E-state index contributed by atoms with van der Waals surface area (Å²) in [6.07, 6.45) is 0. The summed E-state index contributed by atoms with van der Waals surface area (Å²) in [7, 11) is 0. The predicted octanol–water partition coefficient (Wildman–Crippen LogP) is 4.64. The van der Waals surface area contributed by atoms with Crippen LogP contribution in [0.2, 0.25) is 10.0 Å². The lowest BCUT2D eigenvalue weighted by molar-refractivity contribution is 1.11. The van der Waals surface area contributed by atoms with Gasteiger partial charge in [0, 0.05) is 15.8 Å². The summed E-state index contributed by atoms with van der Waals surface area (Å²) in [6, 6.07) is 5.63. The smallest absolute Gasteiger partial charge is 0.0461 e. The van der Waals surface area contributed by atoms with Gasteiger partial charge in [0.2, 0.25) is 0 Å². The lowest BCUT2D eigenvalue weighted by Crippen LogP contribution is -1.90. The van der Waals surface area contributed by atoms with Gasteiger partial charge in [-0.3, -0.25) is 0 Å². The molecule has 0 N–H and O–H groups in total. The van der Waals surface area contributed by atoms with Crippen LogP contribution in [0.1, 0.15) is 19.4 Å². The van der Waals surface area contributed by atoms with Crippen LogP contribution >= 0.6 is 35.0 Å². The van der Waals surface area contributed by atoms with Gasteiger partial charge in [0.05, 0.1) is 0 Å². The summed E-state index contributed by atoms with van der Waals surface area (Å²) in [6.45, 7) is 4.32. The summed E-state index contributed by atoms with van der Waals surface area (Å²) in [5.41, 5.74) is 1.05. The average Bonchev–Trinajstić information content (AvgIpc) is 2.03. The molecule has 0 nitrogen and oxygen atoms in total. The summed E-state index contributed by atoms with van der Waals surface area (Å²) in [5.74, 6) is 0.885. The number of halogens is 2. The highest BCUT2D eigenvalue weighted by Gasteiger charge is 2.05. The van der Waals surface area contributed by atoms with Gasteiger partial charge in [-0.2, -0.15) is 11.8 Å². The van der Waals surface area contributed by atoms with Crippen molar-refractivity contribution in [2.75, 3.05) is 0 Å². The van der Waals surface area contributed by atoms with Crippen LogP contribution in [0.5, 0.6) is 0 Å². The predicted molar refractivity (Wildman–Crippen MR) is 62.9 cm³/mol. The van der Waals surface area contributed by atoms with Crippen LogP contribution in [0.15, 0.2) is 18.2 Å². The fraction of sp³-hybridized carbons (Fsp3) is 0.400. The molecule has 0 amide bonds. The van der Waals surface area contributed by atoms with E-state index in [1.165, 1.54) is 0 Å². The zero-order valence-corrected chi connectivity index (χ0v) is 10.0. The van der Waals surface area contributed by atoms with Crippen molar-refractivity contribution < 1.29 is 0 Å². The van der Waals surface area contributed by atoms with Crippen LogP contribution in [-0.2, 0) is 5.75 Å². The molecule has 0 bridgehead atoms. The van der Waals surface area contributed by atoms with Gasteiger partial charge in [-0.15, -0.1) is 0 Å². The van der Waals surface area contributed by atoms with Gasteiger partial charge in [0.15, 0.2) is 0 Å². The number of hydrogen-bond acceptors (Lipinski definition) is 1. The Kier molecular flexibility index (Phi) is 4.43. The Balaban J connectivity index is 2.75. The van der Waals surface area contributed by atoms with Crippen molar-refractivity contribution in [1.82, 2.24) is 0 Å². The van der Waals surface area contributed by atoms with E-state index in [9.17, 15) is 0 Å². The van der Waals surface area contributed by atoms with Gasteiger partial charge in [0.25, 0.3) is 0 Å². The summed E-state index contributed by atoms with van der Waals surface area (Å²) in [5, 5.41) is 2.13. The molecule has 1 rings (SSSR count). The maximum atomic E-state index is 6.02. The maximum Gasteiger partial charge on any atom is 0.0461 e. The highest BCUT2D eigenvalue weighted by Crippen LogP contribution is 2.29. The van der Waals surface area contributed by atoms with Crippen LogP contribution in [0.4, 0.5) is 0 Å². The van der Waals surface area contributed by atoms with Crippen molar-refractivity contribution in [3.8, 4) is 0 Å². The Morgan fingerprint density at radius 3 is 2.23 bits per heavy atom. The molecule has 0 saturated heterocycles. The van der Waals surface area contributed by atoms with E-state index in [4.69, 9.17) is 23.2 Å². The number of benzene rings is 1. The minimum atomic E-state index is 0.604. The third-order valence-electron chi connectivity index (χ3n) is 1.62. The highest BCUT2D eigenvalue weighted by atomic mass is 35.5. The van der Waals surface area contributed by atoms with E-state index >= 15 is 0 Å². The molecule has 1 aromatic rings. The zero-order chi connectivity index (χ0) is 9.84. The van der Waals surface area contributed by atoms with Crippen LogP contribution in [-0.4, -0.2) is 5.25 Å². The molecular weight excluding hydrogens is 223 g/mol. The Hall–Kier alpha value is 0.150. The summed E-state index contributed by atoms with van der Waals surface area (Å²) in [4.78, 5) is 0. The van der Waals surface area contributed by atoms with Crippen LogP contribution in [0.25, 0.3) is 0 Å². The molecule has 0 aliphatic rings. The van der Waals surface area contributed by atoms with Gasteiger partial charge in [-0.25, -0.2) is 0 Å². The molecule has 0 spiro atoms. The Bertz CT molecular complexity index is 264. The van der Waals surface area contributed by atoms with Crippen molar-refractivity contribution in [3.63, 3.8) is 0 Å². The molecule has 72 valence electrons. The van der Waals surface area contributed by atoms with E-state index in [1.807, 2.05) is 30.0 Å². The molecule has 3 heteroatoms. The van der Waals surface area contributed by atoms with Crippen LogP contribution < -0.4 is 0 Å². The fourth-order valence-electron chi connectivity index (χ4n) is 0.920. The van der Waals surface area contributed by atoms with Crippen molar-refractivity contribution in [3.05, 3.63) is 33.8 Å². The Labute approximate surface area is 93.6 Å². The van der Waals surface area contributed by atoms with E-state index in [-0.39, 0.29) is 0 Å². The largest absolute Gasteiger partial charge is 0.154 e. The number of hydrogen-bond donors (Lipinski definition) is 0. The summed E-state index contributed by atoms with van der Waals surface area (Å²) < 4.78 is 0. The van der Waals surface area contributed by atoms with Gasteiger partial charge in [-0.05, 0) is 22.9 Å². The highest BCUT2D eigenvalue weighted by molar-refractivity contribution is 7.99. The topological polar surface area (TPSA) is 0 Å². The SMILES string of the molecule is CC(C)SCc1c(Cl)cccc1Cl. The van der Waals surface area contributed by atoms with E-state index in [2.05, 4.69) is 13.8 Å². The minimum Gasteiger partial charge on any atom is -0.154 e. The average molecular weight is 235 g/mol. The van der Waals surface area contributed by atoms with Crippen molar-refractivity contribution in [1.29, 1.82) is 0 Å². The first-order valence-corrected chi connectivity index (χ1v) is 5.96. The van der Waals surface area contributed by atoms with Gasteiger partial charge >= 0.3 is 0 Å². The molecule has 0 radical (unpaired) electrons. The molecule has 0 fully saturated rings. The van der Waals surface area contributed by atoms with E-state index in [0.717, 1.165) is 21.4 Å². The lowest BCUT2D eigenvalue weighted by Gasteiger charge is -2.08. The molecule has 0 aromatic heterocycles. The molecule has 13 heavy (non-hydrogen) atoms. The second-order valence-electron chi connectivity index (χ2n) is 3.06. The third kappa shape index (κ3) is 3.41. The third-order valence-corrected chi connectivity index (χ3v) is 3.45.